The molecule has 118 valence electrons. The first-order chi connectivity index (χ1) is 10.8. The van der Waals surface area contributed by atoms with Gasteiger partial charge >= 0.3 is 0 Å². The molecule has 6 heteroatoms. The van der Waals surface area contributed by atoms with Gasteiger partial charge in [0.25, 0.3) is 11.8 Å². The highest BCUT2D eigenvalue weighted by atomic mass is 79.9. The second kappa shape index (κ2) is 5.70. The Morgan fingerprint density at radius 3 is 2.57 bits per heavy atom. The fourth-order valence-electron chi connectivity index (χ4n) is 2.19. The zero-order valence-electron chi connectivity index (χ0n) is 12.6. The number of carbonyl (C=O) groups is 2. The molecule has 0 unspecified atom stereocenters. The van der Waals surface area contributed by atoms with E-state index in [2.05, 4.69) is 26.6 Å². The number of ether oxygens (including phenoxy) is 1. The number of fused-ring (bicyclic) bond motifs is 1. The third-order valence-electron chi connectivity index (χ3n) is 3.50. The maximum Gasteiger partial charge on any atom is 0.268 e. The summed E-state index contributed by atoms with van der Waals surface area (Å²) >= 11 is 3.33. The number of hydrogen-bond donors (Lipinski definition) is 2. The number of amides is 2. The van der Waals surface area contributed by atoms with E-state index >= 15 is 0 Å². The van der Waals surface area contributed by atoms with Crippen molar-refractivity contribution < 1.29 is 14.3 Å². The number of nitrogens with one attached hydrogen (secondary N) is 2. The van der Waals surface area contributed by atoms with Crippen molar-refractivity contribution in [3.05, 3.63) is 52.5 Å². The first kappa shape index (κ1) is 15.6. The fraction of sp³-hybridized carbons (Fsp3) is 0.176. The van der Waals surface area contributed by atoms with E-state index in [1.807, 2.05) is 0 Å². The molecule has 0 fully saturated rings. The van der Waals surface area contributed by atoms with Crippen LogP contribution >= 0.6 is 15.9 Å². The van der Waals surface area contributed by atoms with Crippen LogP contribution in [0.4, 0.5) is 11.4 Å². The van der Waals surface area contributed by atoms with Crippen molar-refractivity contribution in [3.63, 3.8) is 0 Å². The zero-order chi connectivity index (χ0) is 16.6. The van der Waals surface area contributed by atoms with E-state index in [1.165, 1.54) is 0 Å². The van der Waals surface area contributed by atoms with E-state index in [9.17, 15) is 9.59 Å². The van der Waals surface area contributed by atoms with Gasteiger partial charge in [-0.1, -0.05) is 15.9 Å². The molecule has 0 saturated carbocycles. The molecule has 0 spiro atoms. The molecule has 1 aliphatic heterocycles. The molecule has 0 aromatic heterocycles. The van der Waals surface area contributed by atoms with E-state index in [0.29, 0.717) is 22.7 Å². The minimum atomic E-state index is -0.908. The van der Waals surface area contributed by atoms with Crippen LogP contribution in [0.3, 0.4) is 0 Å². The molecular formula is C17H15BrN2O3. The van der Waals surface area contributed by atoms with E-state index in [0.717, 1.165) is 4.47 Å². The predicted molar refractivity (Wildman–Crippen MR) is 91.9 cm³/mol. The Hall–Kier alpha value is -2.34. The van der Waals surface area contributed by atoms with Gasteiger partial charge in [0.15, 0.2) is 5.60 Å². The molecule has 3 rings (SSSR count). The molecular weight excluding hydrogens is 360 g/mol. The van der Waals surface area contributed by atoms with Crippen molar-refractivity contribution >= 4 is 39.1 Å². The Morgan fingerprint density at radius 2 is 1.87 bits per heavy atom. The normalized spacial score (nSPS) is 15.2. The number of halogens is 1. The lowest BCUT2D eigenvalue weighted by Gasteiger charge is -2.31. The molecule has 0 bridgehead atoms. The maximum atomic E-state index is 12.2. The second-order valence-electron chi connectivity index (χ2n) is 5.74. The standard InChI is InChI=1S/C17H15BrN2O3/c1-17(2)16(22)20-13-9-12(7-8-14(13)23-17)19-15(21)10-3-5-11(18)6-4-10/h3-9H,1-2H3,(H,19,21)(H,20,22). The highest BCUT2D eigenvalue weighted by molar-refractivity contribution is 9.10. The summed E-state index contributed by atoms with van der Waals surface area (Å²) in [5.41, 5.74) is 0.769. The molecule has 1 heterocycles. The van der Waals surface area contributed by atoms with Crippen molar-refractivity contribution in [3.8, 4) is 5.75 Å². The van der Waals surface area contributed by atoms with Crippen LogP contribution in [0.2, 0.25) is 0 Å². The zero-order valence-corrected chi connectivity index (χ0v) is 14.2. The minimum absolute atomic E-state index is 0.221. The molecule has 0 aliphatic carbocycles. The van der Waals surface area contributed by atoms with Crippen LogP contribution in [-0.2, 0) is 4.79 Å². The molecule has 5 nitrogen and oxygen atoms in total. The van der Waals surface area contributed by atoms with Crippen LogP contribution in [0.25, 0.3) is 0 Å². The number of benzene rings is 2. The van der Waals surface area contributed by atoms with E-state index in [-0.39, 0.29) is 11.8 Å². The lowest BCUT2D eigenvalue weighted by atomic mass is 10.1. The average Bonchev–Trinajstić information content (AvgIpc) is 2.49. The van der Waals surface area contributed by atoms with Gasteiger partial charge in [-0.3, -0.25) is 9.59 Å². The lowest BCUT2D eigenvalue weighted by Crippen LogP contribution is -2.45. The highest BCUT2D eigenvalue weighted by Gasteiger charge is 2.35. The van der Waals surface area contributed by atoms with Crippen LogP contribution in [0.15, 0.2) is 46.9 Å². The van der Waals surface area contributed by atoms with Crippen LogP contribution in [0, 0.1) is 0 Å². The fourth-order valence-corrected chi connectivity index (χ4v) is 2.46. The molecule has 1 aliphatic rings. The molecule has 2 amide bonds. The third-order valence-corrected chi connectivity index (χ3v) is 4.03. The van der Waals surface area contributed by atoms with Gasteiger partial charge in [0.05, 0.1) is 5.69 Å². The number of hydrogen-bond acceptors (Lipinski definition) is 3. The summed E-state index contributed by atoms with van der Waals surface area (Å²) in [6.45, 7) is 3.41. The summed E-state index contributed by atoms with van der Waals surface area (Å²) < 4.78 is 6.57. The van der Waals surface area contributed by atoms with Gasteiger partial charge in [0.2, 0.25) is 0 Å². The minimum Gasteiger partial charge on any atom is -0.476 e. The first-order valence-corrected chi connectivity index (χ1v) is 7.86. The average molecular weight is 375 g/mol. The summed E-state index contributed by atoms with van der Waals surface area (Å²) in [6.07, 6.45) is 0. The monoisotopic (exact) mass is 374 g/mol. The van der Waals surface area contributed by atoms with Crippen LogP contribution in [-0.4, -0.2) is 17.4 Å². The van der Waals surface area contributed by atoms with Crippen LogP contribution in [0.5, 0.6) is 5.75 Å². The van der Waals surface area contributed by atoms with E-state index < -0.39 is 5.60 Å². The Balaban J connectivity index is 1.80. The molecule has 0 saturated heterocycles. The largest absolute Gasteiger partial charge is 0.476 e. The number of anilines is 2. The van der Waals surface area contributed by atoms with Crippen LogP contribution in [0.1, 0.15) is 24.2 Å². The summed E-state index contributed by atoms with van der Waals surface area (Å²) in [5, 5.41) is 5.59. The quantitative estimate of drug-likeness (QED) is 0.839. The number of carbonyl (C=O) groups excluding carboxylic acids is 2. The predicted octanol–water partition coefficient (Wildman–Crippen LogP) is 3.81. The summed E-state index contributed by atoms with van der Waals surface area (Å²) in [7, 11) is 0. The Bertz CT molecular complexity index is 785. The Labute approximate surface area is 142 Å². The molecule has 0 atom stereocenters. The van der Waals surface area contributed by atoms with Crippen molar-refractivity contribution in [2.45, 2.75) is 19.4 Å². The molecule has 23 heavy (non-hydrogen) atoms. The van der Waals surface area contributed by atoms with Crippen molar-refractivity contribution in [1.82, 2.24) is 0 Å². The van der Waals surface area contributed by atoms with Crippen molar-refractivity contribution in [1.29, 1.82) is 0 Å². The van der Waals surface area contributed by atoms with Crippen molar-refractivity contribution in [2.24, 2.45) is 0 Å². The second-order valence-corrected chi connectivity index (χ2v) is 6.65. The third kappa shape index (κ3) is 3.22. The summed E-state index contributed by atoms with van der Waals surface area (Å²) in [6, 6.07) is 12.2. The van der Waals surface area contributed by atoms with E-state index in [4.69, 9.17) is 4.74 Å². The first-order valence-electron chi connectivity index (χ1n) is 7.06. The summed E-state index contributed by atoms with van der Waals surface area (Å²) in [5.74, 6) is 0.137. The molecule has 2 aromatic carbocycles. The van der Waals surface area contributed by atoms with Crippen LogP contribution < -0.4 is 15.4 Å². The highest BCUT2D eigenvalue weighted by Crippen LogP contribution is 2.35. The number of rotatable bonds is 2. The topological polar surface area (TPSA) is 67.4 Å². The molecule has 2 N–H and O–H groups in total. The van der Waals surface area contributed by atoms with Gasteiger partial charge in [0.1, 0.15) is 5.75 Å². The van der Waals surface area contributed by atoms with Gasteiger partial charge < -0.3 is 15.4 Å². The Morgan fingerprint density at radius 1 is 1.17 bits per heavy atom. The van der Waals surface area contributed by atoms with Gasteiger partial charge in [-0.05, 0) is 56.3 Å². The Kier molecular flexibility index (Phi) is 3.85. The maximum absolute atomic E-state index is 12.2. The molecule has 2 aromatic rings. The van der Waals surface area contributed by atoms with Crippen molar-refractivity contribution in [2.75, 3.05) is 10.6 Å². The van der Waals surface area contributed by atoms with E-state index in [1.54, 1.807) is 56.3 Å². The van der Waals surface area contributed by atoms with Gasteiger partial charge in [-0.2, -0.15) is 0 Å². The smallest absolute Gasteiger partial charge is 0.268 e. The summed E-state index contributed by atoms with van der Waals surface area (Å²) in [4.78, 5) is 24.2. The molecule has 0 radical (unpaired) electrons. The van der Waals surface area contributed by atoms with Gasteiger partial charge in [-0.25, -0.2) is 0 Å². The van der Waals surface area contributed by atoms with Gasteiger partial charge in [0, 0.05) is 15.7 Å². The SMILES string of the molecule is CC1(C)Oc2ccc(NC(=O)c3ccc(Br)cc3)cc2NC1=O. The van der Waals surface area contributed by atoms with Gasteiger partial charge in [-0.15, -0.1) is 0 Å². The lowest BCUT2D eigenvalue weighted by molar-refractivity contribution is -0.129.